The Morgan fingerprint density at radius 2 is 1.64 bits per heavy atom. The van der Waals surface area contributed by atoms with E-state index < -0.39 is 0 Å². The SMILES string of the molecule is O=C(Nc1ccc(SCC(=O)n2c3c(c4ccccc42)CCCC3)cc1)c1ccc(F)cc1. The smallest absolute Gasteiger partial charge is 0.255 e. The van der Waals surface area contributed by atoms with Gasteiger partial charge >= 0.3 is 0 Å². The molecule has 3 aromatic carbocycles. The number of halogens is 1. The molecule has 0 aliphatic heterocycles. The largest absolute Gasteiger partial charge is 0.322 e. The van der Waals surface area contributed by atoms with Crippen molar-refractivity contribution in [2.45, 2.75) is 30.6 Å². The summed E-state index contributed by atoms with van der Waals surface area (Å²) in [6.45, 7) is 0. The molecule has 166 valence electrons. The van der Waals surface area contributed by atoms with Gasteiger partial charge in [-0.05, 0) is 85.8 Å². The first kappa shape index (κ1) is 21.5. The molecule has 0 atom stereocenters. The Bertz CT molecular complexity index is 1330. The van der Waals surface area contributed by atoms with Gasteiger partial charge in [0.15, 0.2) is 0 Å². The van der Waals surface area contributed by atoms with Gasteiger partial charge in [0.1, 0.15) is 5.82 Å². The highest BCUT2D eigenvalue weighted by atomic mass is 32.2. The molecule has 0 saturated heterocycles. The van der Waals surface area contributed by atoms with Crippen LogP contribution in [0.3, 0.4) is 0 Å². The standard InChI is InChI=1S/C27H23FN2O2S/c28-19-11-9-18(10-12-19)27(32)29-20-13-15-21(16-14-20)33-17-26(31)30-24-7-3-1-5-22(24)23-6-2-4-8-25(23)30/h1,3,5,7,9-16H,2,4,6,8,17H2,(H,29,32). The molecule has 1 aromatic heterocycles. The second-order valence-corrected chi connectivity index (χ2v) is 9.20. The van der Waals surface area contributed by atoms with E-state index in [-0.39, 0.29) is 17.6 Å². The van der Waals surface area contributed by atoms with Crippen LogP contribution in [0.4, 0.5) is 10.1 Å². The molecule has 1 heterocycles. The minimum Gasteiger partial charge on any atom is -0.322 e. The number of nitrogens with zero attached hydrogens (tertiary/aromatic N) is 1. The Hall–Kier alpha value is -3.38. The first-order valence-electron chi connectivity index (χ1n) is 11.0. The fourth-order valence-electron chi connectivity index (χ4n) is 4.43. The Labute approximate surface area is 195 Å². The number of amides is 1. The summed E-state index contributed by atoms with van der Waals surface area (Å²) in [6.07, 6.45) is 4.28. The van der Waals surface area contributed by atoms with E-state index in [1.165, 1.54) is 59.1 Å². The summed E-state index contributed by atoms with van der Waals surface area (Å²) in [5.41, 5.74) is 4.55. The lowest BCUT2D eigenvalue weighted by Gasteiger charge is -2.15. The van der Waals surface area contributed by atoms with Crippen molar-refractivity contribution in [3.63, 3.8) is 0 Å². The van der Waals surface area contributed by atoms with Gasteiger partial charge in [0.05, 0.1) is 11.3 Å². The molecule has 0 bridgehead atoms. The molecule has 6 heteroatoms. The van der Waals surface area contributed by atoms with E-state index in [4.69, 9.17) is 0 Å². The number of carbonyl (C=O) groups is 2. The third-order valence-corrected chi connectivity index (χ3v) is 7.01. The highest BCUT2D eigenvalue weighted by Gasteiger charge is 2.23. The van der Waals surface area contributed by atoms with Crippen molar-refractivity contribution < 1.29 is 14.0 Å². The number of anilines is 1. The molecule has 1 amide bonds. The molecule has 1 N–H and O–H groups in total. The molecular formula is C27H23FN2O2S. The zero-order chi connectivity index (χ0) is 22.8. The fraction of sp³-hybridized carbons (Fsp3) is 0.185. The average Bonchev–Trinajstić information content (AvgIpc) is 3.18. The van der Waals surface area contributed by atoms with Crippen LogP contribution in [0.1, 0.15) is 39.3 Å². The lowest BCUT2D eigenvalue weighted by Crippen LogP contribution is -2.18. The highest BCUT2D eigenvalue weighted by Crippen LogP contribution is 2.32. The normalized spacial score (nSPS) is 13.0. The molecule has 1 aliphatic carbocycles. The molecule has 33 heavy (non-hydrogen) atoms. The van der Waals surface area contributed by atoms with E-state index in [1.807, 2.05) is 34.9 Å². The van der Waals surface area contributed by atoms with E-state index in [9.17, 15) is 14.0 Å². The van der Waals surface area contributed by atoms with E-state index in [1.54, 1.807) is 12.1 Å². The summed E-state index contributed by atoms with van der Waals surface area (Å²) in [5, 5.41) is 4.01. The van der Waals surface area contributed by atoms with Crippen molar-refractivity contribution >= 4 is 40.2 Å². The number of hydrogen-bond acceptors (Lipinski definition) is 3. The lowest BCUT2D eigenvalue weighted by molar-refractivity contribution is 0.0942. The number of fused-ring (bicyclic) bond motifs is 3. The predicted octanol–water partition coefficient (Wildman–Crippen LogP) is 6.34. The molecule has 4 nitrogen and oxygen atoms in total. The van der Waals surface area contributed by atoms with Gasteiger partial charge in [0.2, 0.25) is 5.91 Å². The van der Waals surface area contributed by atoms with E-state index in [0.717, 1.165) is 29.7 Å². The van der Waals surface area contributed by atoms with Crippen molar-refractivity contribution in [3.05, 3.63) is 95.4 Å². The lowest BCUT2D eigenvalue weighted by atomic mass is 9.96. The number of para-hydroxylation sites is 1. The molecule has 0 fully saturated rings. The van der Waals surface area contributed by atoms with Crippen molar-refractivity contribution in [3.8, 4) is 0 Å². The minimum atomic E-state index is -0.379. The van der Waals surface area contributed by atoms with Crippen LogP contribution in [0.25, 0.3) is 10.9 Å². The Kier molecular flexibility index (Phi) is 6.01. The maximum atomic E-state index is 13.2. The monoisotopic (exact) mass is 458 g/mol. The summed E-state index contributed by atoms with van der Waals surface area (Å²) in [4.78, 5) is 26.5. The highest BCUT2D eigenvalue weighted by molar-refractivity contribution is 8.00. The van der Waals surface area contributed by atoms with Gasteiger partial charge in [-0.1, -0.05) is 18.2 Å². The summed E-state index contributed by atoms with van der Waals surface area (Å²) >= 11 is 1.49. The number of carbonyl (C=O) groups excluding carboxylic acids is 2. The van der Waals surface area contributed by atoms with Crippen LogP contribution in [-0.4, -0.2) is 22.1 Å². The number of benzene rings is 3. The Morgan fingerprint density at radius 1 is 0.909 bits per heavy atom. The molecule has 0 radical (unpaired) electrons. The van der Waals surface area contributed by atoms with Crippen LogP contribution < -0.4 is 5.32 Å². The zero-order valence-corrected chi connectivity index (χ0v) is 18.8. The summed E-state index contributed by atoms with van der Waals surface area (Å²) in [5.74, 6) is -0.245. The summed E-state index contributed by atoms with van der Waals surface area (Å²) < 4.78 is 15.0. The van der Waals surface area contributed by atoms with Gasteiger partial charge in [-0.25, -0.2) is 4.39 Å². The van der Waals surface area contributed by atoms with Crippen LogP contribution in [0.5, 0.6) is 0 Å². The van der Waals surface area contributed by atoms with Gasteiger partial charge in [-0.15, -0.1) is 11.8 Å². The third-order valence-electron chi connectivity index (χ3n) is 6.01. The zero-order valence-electron chi connectivity index (χ0n) is 18.0. The van der Waals surface area contributed by atoms with Crippen molar-refractivity contribution in [1.29, 1.82) is 0 Å². The average molecular weight is 459 g/mol. The summed E-state index contributed by atoms with van der Waals surface area (Å²) in [6, 6.07) is 21.0. The first-order chi connectivity index (χ1) is 16.1. The van der Waals surface area contributed by atoms with E-state index in [0.29, 0.717) is 17.0 Å². The van der Waals surface area contributed by atoms with Gasteiger partial charge in [-0.2, -0.15) is 0 Å². The van der Waals surface area contributed by atoms with E-state index >= 15 is 0 Å². The topological polar surface area (TPSA) is 51.1 Å². The van der Waals surface area contributed by atoms with Crippen LogP contribution >= 0.6 is 11.8 Å². The Morgan fingerprint density at radius 3 is 2.42 bits per heavy atom. The number of aromatic nitrogens is 1. The maximum absolute atomic E-state index is 13.2. The van der Waals surface area contributed by atoms with Gasteiger partial charge in [0.25, 0.3) is 5.91 Å². The number of rotatable bonds is 5. The van der Waals surface area contributed by atoms with Crippen LogP contribution in [0, 0.1) is 5.82 Å². The third kappa shape index (κ3) is 4.44. The quantitative estimate of drug-likeness (QED) is 0.355. The van der Waals surface area contributed by atoms with Crippen molar-refractivity contribution in [2.24, 2.45) is 0 Å². The first-order valence-corrected chi connectivity index (χ1v) is 12.0. The molecule has 0 saturated carbocycles. The van der Waals surface area contributed by atoms with Crippen molar-refractivity contribution in [2.75, 3.05) is 11.1 Å². The van der Waals surface area contributed by atoms with E-state index in [2.05, 4.69) is 11.4 Å². The second-order valence-electron chi connectivity index (χ2n) is 8.15. The second kappa shape index (κ2) is 9.24. The molecule has 5 rings (SSSR count). The molecule has 0 unspecified atom stereocenters. The molecule has 4 aromatic rings. The number of thioether (sulfide) groups is 1. The van der Waals surface area contributed by atoms with Gasteiger partial charge < -0.3 is 5.32 Å². The number of hydrogen-bond donors (Lipinski definition) is 1. The van der Waals surface area contributed by atoms with Gasteiger partial charge in [0, 0.05) is 27.2 Å². The molecule has 1 aliphatic rings. The number of nitrogens with one attached hydrogen (secondary N) is 1. The number of aryl methyl sites for hydroxylation is 1. The van der Waals surface area contributed by atoms with Gasteiger partial charge in [-0.3, -0.25) is 14.2 Å². The molecule has 0 spiro atoms. The van der Waals surface area contributed by atoms with Crippen LogP contribution in [0.15, 0.2) is 77.7 Å². The van der Waals surface area contributed by atoms with Crippen LogP contribution in [-0.2, 0) is 12.8 Å². The maximum Gasteiger partial charge on any atom is 0.255 e. The Balaban J connectivity index is 1.26. The molecular weight excluding hydrogens is 435 g/mol. The van der Waals surface area contributed by atoms with Crippen LogP contribution in [0.2, 0.25) is 0 Å². The minimum absolute atomic E-state index is 0.0908. The summed E-state index contributed by atoms with van der Waals surface area (Å²) in [7, 11) is 0. The fourth-order valence-corrected chi connectivity index (χ4v) is 5.18. The van der Waals surface area contributed by atoms with Crippen molar-refractivity contribution in [1.82, 2.24) is 4.57 Å². The predicted molar refractivity (Wildman–Crippen MR) is 131 cm³/mol.